The highest BCUT2D eigenvalue weighted by Gasteiger charge is 2.45. The molecule has 35 heavy (non-hydrogen) atoms. The van der Waals surface area contributed by atoms with Gasteiger partial charge in [0.25, 0.3) is 5.91 Å². The minimum Gasteiger partial charge on any atom is -0.493 e. The van der Waals surface area contributed by atoms with Crippen LogP contribution in [-0.2, 0) is 16.6 Å². The normalized spacial score (nSPS) is 19.5. The molecule has 0 saturated heterocycles. The van der Waals surface area contributed by atoms with Gasteiger partial charge in [-0.15, -0.1) is 0 Å². The predicted molar refractivity (Wildman–Crippen MR) is 137 cm³/mol. The summed E-state index contributed by atoms with van der Waals surface area (Å²) in [5.74, 6) is -1.34. The Kier molecular flexibility index (Phi) is 5.84. The molecule has 0 saturated carbocycles. The number of benzene rings is 3. The van der Waals surface area contributed by atoms with Gasteiger partial charge in [0.05, 0.1) is 12.6 Å². The quantitative estimate of drug-likeness (QED) is 0.454. The molecule has 3 aromatic carbocycles. The van der Waals surface area contributed by atoms with Gasteiger partial charge in [0.1, 0.15) is 11.7 Å². The van der Waals surface area contributed by atoms with Gasteiger partial charge in [0, 0.05) is 16.3 Å². The van der Waals surface area contributed by atoms with Crippen LogP contribution in [0.1, 0.15) is 71.8 Å². The number of fused-ring (bicyclic) bond motifs is 2. The van der Waals surface area contributed by atoms with Crippen LogP contribution < -0.4 is 9.64 Å². The third-order valence-electron chi connectivity index (χ3n) is 6.92. The van der Waals surface area contributed by atoms with Crippen molar-refractivity contribution in [3.8, 4) is 5.75 Å². The summed E-state index contributed by atoms with van der Waals surface area (Å²) in [6.45, 7) is 6.90. The summed E-state index contributed by atoms with van der Waals surface area (Å²) >= 11 is 6.70. The van der Waals surface area contributed by atoms with E-state index in [1.165, 1.54) is 0 Å². The number of carboxylic acid groups (broad SMARTS) is 1. The van der Waals surface area contributed by atoms with E-state index in [1.807, 2.05) is 30.3 Å². The fourth-order valence-corrected chi connectivity index (χ4v) is 5.71. The van der Waals surface area contributed by atoms with Gasteiger partial charge in [-0.25, -0.2) is 0 Å². The third kappa shape index (κ3) is 4.08. The molecule has 2 aliphatic heterocycles. The van der Waals surface area contributed by atoms with Crippen LogP contribution in [0.5, 0.6) is 5.75 Å². The Morgan fingerprint density at radius 2 is 1.86 bits per heavy atom. The average Bonchev–Trinajstić information content (AvgIpc) is 2.82. The van der Waals surface area contributed by atoms with E-state index in [-0.39, 0.29) is 11.3 Å². The second-order valence-electron chi connectivity index (χ2n) is 10.3. The maximum atomic E-state index is 13.9. The van der Waals surface area contributed by atoms with Crippen molar-refractivity contribution in [1.29, 1.82) is 0 Å². The molecule has 0 aromatic heterocycles. The topological polar surface area (TPSA) is 66.8 Å². The number of carbonyl (C=O) groups is 2. The first-order valence-corrected chi connectivity index (χ1v) is 12.3. The minimum absolute atomic E-state index is 0.171. The van der Waals surface area contributed by atoms with Crippen molar-refractivity contribution in [2.45, 2.75) is 51.0 Å². The van der Waals surface area contributed by atoms with E-state index in [4.69, 9.17) is 16.3 Å². The van der Waals surface area contributed by atoms with Crippen molar-refractivity contribution in [2.75, 3.05) is 11.5 Å². The molecule has 2 heterocycles. The summed E-state index contributed by atoms with van der Waals surface area (Å²) in [4.78, 5) is 28.3. The maximum Gasteiger partial charge on any atom is 0.313 e. The number of aryl methyl sites for hydroxylation is 1. The highest BCUT2D eigenvalue weighted by molar-refractivity contribution is 6.32. The van der Waals surface area contributed by atoms with Crippen LogP contribution in [0.15, 0.2) is 60.7 Å². The summed E-state index contributed by atoms with van der Waals surface area (Å²) in [7, 11) is 0. The molecule has 0 radical (unpaired) electrons. The van der Waals surface area contributed by atoms with Crippen LogP contribution in [0, 0.1) is 0 Å². The SMILES string of the molecule is CC(C)(C)c1ccc(N2C(=O)c3ccccc3C(C(=O)O)C2c2ccc3c(c2)CCCO3)cc1Cl. The molecule has 5 nitrogen and oxygen atoms in total. The molecule has 0 aliphatic carbocycles. The first-order chi connectivity index (χ1) is 16.7. The molecule has 2 aliphatic rings. The van der Waals surface area contributed by atoms with E-state index < -0.39 is 17.9 Å². The van der Waals surface area contributed by atoms with Crippen LogP contribution in [-0.4, -0.2) is 23.6 Å². The maximum absolute atomic E-state index is 13.9. The van der Waals surface area contributed by atoms with Crippen molar-refractivity contribution in [3.63, 3.8) is 0 Å². The monoisotopic (exact) mass is 489 g/mol. The minimum atomic E-state index is -0.980. The molecule has 0 bridgehead atoms. The van der Waals surface area contributed by atoms with E-state index in [0.717, 1.165) is 35.3 Å². The highest BCUT2D eigenvalue weighted by atomic mass is 35.5. The number of amides is 1. The lowest BCUT2D eigenvalue weighted by Gasteiger charge is -2.41. The van der Waals surface area contributed by atoms with Crippen LogP contribution in [0.2, 0.25) is 5.02 Å². The molecule has 2 atom stereocenters. The van der Waals surface area contributed by atoms with E-state index in [0.29, 0.717) is 28.4 Å². The zero-order chi connectivity index (χ0) is 24.9. The van der Waals surface area contributed by atoms with Gasteiger partial charge < -0.3 is 9.84 Å². The van der Waals surface area contributed by atoms with Crippen molar-refractivity contribution in [2.24, 2.45) is 0 Å². The molecule has 6 heteroatoms. The Morgan fingerprint density at radius 3 is 2.57 bits per heavy atom. The van der Waals surface area contributed by atoms with E-state index in [9.17, 15) is 14.7 Å². The second-order valence-corrected chi connectivity index (χ2v) is 10.7. The standard InChI is InChI=1S/C29H28ClNO4/c1-29(2,3)22-12-11-19(16-23(22)30)31-26(18-10-13-24-17(15-18)7-6-14-35-24)25(28(33)34)20-8-4-5-9-21(20)27(31)32/h4-5,8-13,15-16,25-26H,6-7,14H2,1-3H3,(H,33,34). The second kappa shape index (κ2) is 8.72. The largest absolute Gasteiger partial charge is 0.493 e. The van der Waals surface area contributed by atoms with Gasteiger partial charge in [-0.05, 0) is 70.8 Å². The summed E-state index contributed by atoms with van der Waals surface area (Å²) in [6, 6.07) is 17.6. The Morgan fingerprint density at radius 1 is 1.09 bits per heavy atom. The Balaban J connectivity index is 1.72. The Labute approximate surface area is 210 Å². The lowest BCUT2D eigenvalue weighted by atomic mass is 9.78. The number of anilines is 1. The molecular weight excluding hydrogens is 462 g/mol. The van der Waals surface area contributed by atoms with Gasteiger partial charge >= 0.3 is 5.97 Å². The number of halogens is 1. The zero-order valence-electron chi connectivity index (χ0n) is 20.0. The van der Waals surface area contributed by atoms with Gasteiger partial charge in [0.15, 0.2) is 0 Å². The molecule has 1 amide bonds. The van der Waals surface area contributed by atoms with Crippen LogP contribution >= 0.6 is 11.6 Å². The smallest absolute Gasteiger partial charge is 0.313 e. The van der Waals surface area contributed by atoms with Crippen LogP contribution in [0.3, 0.4) is 0 Å². The number of hydrogen-bond acceptors (Lipinski definition) is 3. The molecule has 2 unspecified atom stereocenters. The van der Waals surface area contributed by atoms with Crippen LogP contribution in [0.25, 0.3) is 0 Å². The zero-order valence-corrected chi connectivity index (χ0v) is 20.8. The number of carbonyl (C=O) groups excluding carboxylic acids is 1. The first-order valence-electron chi connectivity index (χ1n) is 11.9. The van der Waals surface area contributed by atoms with Crippen LogP contribution in [0.4, 0.5) is 5.69 Å². The molecule has 5 rings (SSSR count). The average molecular weight is 490 g/mol. The highest BCUT2D eigenvalue weighted by Crippen LogP contribution is 2.47. The number of rotatable bonds is 3. The molecule has 0 fully saturated rings. The van der Waals surface area contributed by atoms with Gasteiger partial charge in [-0.3, -0.25) is 14.5 Å². The number of nitrogens with zero attached hydrogens (tertiary/aromatic N) is 1. The lowest BCUT2D eigenvalue weighted by molar-refractivity contribution is -0.139. The molecular formula is C29H28ClNO4. The van der Waals surface area contributed by atoms with Crippen molar-refractivity contribution >= 4 is 29.2 Å². The lowest BCUT2D eigenvalue weighted by Crippen LogP contribution is -2.45. The van der Waals surface area contributed by atoms with E-state index in [1.54, 1.807) is 35.2 Å². The summed E-state index contributed by atoms with van der Waals surface area (Å²) < 4.78 is 5.78. The number of hydrogen-bond donors (Lipinski definition) is 1. The Hall–Kier alpha value is -3.31. The van der Waals surface area contributed by atoms with Gasteiger partial charge in [0.2, 0.25) is 0 Å². The van der Waals surface area contributed by atoms with Crippen molar-refractivity contribution in [1.82, 2.24) is 0 Å². The fraction of sp³-hybridized carbons (Fsp3) is 0.310. The number of carboxylic acids is 1. The first kappa shape index (κ1) is 23.4. The van der Waals surface area contributed by atoms with Crippen molar-refractivity contribution < 1.29 is 19.4 Å². The summed E-state index contributed by atoms with van der Waals surface area (Å²) in [5, 5.41) is 11.0. The van der Waals surface area contributed by atoms with Gasteiger partial charge in [-0.1, -0.05) is 62.7 Å². The van der Waals surface area contributed by atoms with Gasteiger partial charge in [-0.2, -0.15) is 0 Å². The van der Waals surface area contributed by atoms with E-state index in [2.05, 4.69) is 20.8 Å². The molecule has 180 valence electrons. The summed E-state index contributed by atoms with van der Waals surface area (Å²) in [5.41, 5.74) is 4.09. The van der Waals surface area contributed by atoms with Crippen molar-refractivity contribution in [3.05, 3.63) is 93.5 Å². The molecule has 3 aromatic rings. The molecule has 0 spiro atoms. The Bertz CT molecular complexity index is 1330. The number of ether oxygens (including phenoxy) is 1. The van der Waals surface area contributed by atoms with E-state index >= 15 is 0 Å². The summed E-state index contributed by atoms with van der Waals surface area (Å²) in [6.07, 6.45) is 1.75. The molecule has 1 N–H and O–H groups in total. The third-order valence-corrected chi connectivity index (χ3v) is 7.23. The predicted octanol–water partition coefficient (Wildman–Crippen LogP) is 6.53. The number of aliphatic carboxylic acids is 1. The fourth-order valence-electron chi connectivity index (χ4n) is 5.25.